The molecule has 1 aromatic rings. The van der Waals surface area contributed by atoms with Crippen LogP contribution in [0.25, 0.3) is 0 Å². The van der Waals surface area contributed by atoms with E-state index >= 15 is 0 Å². The van der Waals surface area contributed by atoms with Gasteiger partial charge in [0, 0.05) is 24.7 Å². The van der Waals surface area contributed by atoms with Crippen molar-refractivity contribution in [2.45, 2.75) is 6.92 Å². The zero-order valence-electron chi connectivity index (χ0n) is 13.6. The Morgan fingerprint density at radius 3 is 2.17 bits per heavy atom. The van der Waals surface area contributed by atoms with Crippen molar-refractivity contribution in [2.24, 2.45) is 0 Å². The van der Waals surface area contributed by atoms with E-state index in [9.17, 15) is 0 Å². The number of ether oxygens (including phenoxy) is 1. The third kappa shape index (κ3) is 9.66. The standard InChI is InChI=1S/C15H20ClNO.C2H2O4/c1-4-8-17(9-5-2)10-11-18-14-6-7-15(16)13(3)12-14;3-1(4)2(5)6/h4-7,12H,1-2,8-11H2,3H3;(H,3,4)(H,5,6). The Bertz CT molecular complexity index is 552. The van der Waals surface area contributed by atoms with Crippen LogP contribution in [0, 0.1) is 6.92 Å². The summed E-state index contributed by atoms with van der Waals surface area (Å²) in [7, 11) is 0. The molecule has 7 heteroatoms. The smallest absolute Gasteiger partial charge is 0.414 e. The van der Waals surface area contributed by atoms with Gasteiger partial charge >= 0.3 is 11.9 Å². The van der Waals surface area contributed by atoms with Crippen molar-refractivity contribution in [3.8, 4) is 5.75 Å². The van der Waals surface area contributed by atoms with Crippen LogP contribution >= 0.6 is 11.6 Å². The molecule has 24 heavy (non-hydrogen) atoms. The predicted octanol–water partition coefficient (Wildman–Crippen LogP) is 2.86. The van der Waals surface area contributed by atoms with Crippen LogP contribution in [0.1, 0.15) is 5.56 Å². The molecule has 0 saturated carbocycles. The zero-order chi connectivity index (χ0) is 18.5. The Hall–Kier alpha value is -2.31. The third-order valence-electron chi connectivity index (χ3n) is 2.76. The van der Waals surface area contributed by atoms with Gasteiger partial charge in [-0.25, -0.2) is 9.59 Å². The van der Waals surface area contributed by atoms with Gasteiger partial charge in [-0.05, 0) is 30.7 Å². The molecule has 6 nitrogen and oxygen atoms in total. The lowest BCUT2D eigenvalue weighted by Gasteiger charge is -2.18. The summed E-state index contributed by atoms with van der Waals surface area (Å²) in [5.74, 6) is -2.79. The summed E-state index contributed by atoms with van der Waals surface area (Å²) in [4.78, 5) is 20.4. The number of aliphatic carboxylic acids is 2. The van der Waals surface area contributed by atoms with Crippen molar-refractivity contribution >= 4 is 23.5 Å². The van der Waals surface area contributed by atoms with Gasteiger partial charge in [0.15, 0.2) is 0 Å². The molecule has 2 N–H and O–H groups in total. The maximum Gasteiger partial charge on any atom is 0.414 e. The van der Waals surface area contributed by atoms with Gasteiger partial charge in [0.25, 0.3) is 0 Å². The molecule has 0 unspecified atom stereocenters. The Balaban J connectivity index is 0.000000754. The molecule has 132 valence electrons. The van der Waals surface area contributed by atoms with E-state index in [2.05, 4.69) is 18.1 Å². The fourth-order valence-corrected chi connectivity index (χ4v) is 1.74. The molecule has 0 atom stereocenters. The molecule has 0 amide bonds. The molecule has 0 aliphatic rings. The van der Waals surface area contributed by atoms with Gasteiger partial charge in [0.1, 0.15) is 12.4 Å². The van der Waals surface area contributed by atoms with Crippen LogP contribution in [0.3, 0.4) is 0 Å². The molecule has 0 saturated heterocycles. The minimum Gasteiger partial charge on any atom is -0.492 e. The Labute approximate surface area is 146 Å². The first kappa shape index (κ1) is 21.7. The number of carboxylic acids is 2. The first-order chi connectivity index (χ1) is 11.3. The molecule has 0 aliphatic carbocycles. The van der Waals surface area contributed by atoms with Gasteiger partial charge in [-0.3, -0.25) is 4.90 Å². The van der Waals surface area contributed by atoms with Crippen molar-refractivity contribution < 1.29 is 24.5 Å². The van der Waals surface area contributed by atoms with Gasteiger partial charge < -0.3 is 14.9 Å². The summed E-state index contributed by atoms with van der Waals surface area (Å²) in [5, 5.41) is 15.5. The van der Waals surface area contributed by atoms with Crippen LogP contribution in [-0.4, -0.2) is 53.3 Å². The van der Waals surface area contributed by atoms with E-state index in [1.54, 1.807) is 0 Å². The van der Waals surface area contributed by atoms with Crippen molar-refractivity contribution in [3.63, 3.8) is 0 Å². The first-order valence-electron chi connectivity index (χ1n) is 7.11. The maximum atomic E-state index is 9.10. The molecule has 0 aromatic heterocycles. The molecule has 0 fully saturated rings. The molecule has 0 radical (unpaired) electrons. The Morgan fingerprint density at radius 1 is 1.21 bits per heavy atom. The molecule has 1 aromatic carbocycles. The van der Waals surface area contributed by atoms with Crippen molar-refractivity contribution in [2.75, 3.05) is 26.2 Å². The van der Waals surface area contributed by atoms with E-state index in [1.807, 2.05) is 37.3 Å². The molecule has 0 spiro atoms. The highest BCUT2D eigenvalue weighted by Crippen LogP contribution is 2.20. The molecule has 0 bridgehead atoms. The fraction of sp³-hybridized carbons (Fsp3) is 0.294. The zero-order valence-corrected chi connectivity index (χ0v) is 14.3. The second-order valence-electron chi connectivity index (χ2n) is 4.71. The van der Waals surface area contributed by atoms with Gasteiger partial charge in [0.2, 0.25) is 0 Å². The number of nitrogens with zero attached hydrogens (tertiary/aromatic N) is 1. The number of hydrogen-bond acceptors (Lipinski definition) is 4. The molecule has 0 aliphatic heterocycles. The second-order valence-corrected chi connectivity index (χ2v) is 5.11. The van der Waals surface area contributed by atoms with Crippen molar-refractivity contribution in [1.82, 2.24) is 4.90 Å². The predicted molar refractivity (Wildman–Crippen MR) is 93.8 cm³/mol. The second kappa shape index (κ2) is 12.2. The number of carbonyl (C=O) groups is 2. The third-order valence-corrected chi connectivity index (χ3v) is 3.19. The van der Waals surface area contributed by atoms with Crippen LogP contribution in [0.15, 0.2) is 43.5 Å². The minimum atomic E-state index is -1.82. The number of halogens is 1. The fourth-order valence-electron chi connectivity index (χ4n) is 1.62. The van der Waals surface area contributed by atoms with E-state index in [1.165, 1.54) is 0 Å². The van der Waals surface area contributed by atoms with Gasteiger partial charge in [-0.15, -0.1) is 13.2 Å². The summed E-state index contributed by atoms with van der Waals surface area (Å²) >= 11 is 5.96. The Kier molecular flexibility index (Phi) is 11.0. The van der Waals surface area contributed by atoms with E-state index < -0.39 is 11.9 Å². The quantitative estimate of drug-likeness (QED) is 0.550. The van der Waals surface area contributed by atoms with Crippen LogP contribution in [0.4, 0.5) is 0 Å². The van der Waals surface area contributed by atoms with Gasteiger partial charge in [0.05, 0.1) is 0 Å². The van der Waals surface area contributed by atoms with E-state index in [4.69, 9.17) is 36.1 Å². The molecule has 1 rings (SSSR count). The van der Waals surface area contributed by atoms with Crippen molar-refractivity contribution in [1.29, 1.82) is 0 Å². The lowest BCUT2D eigenvalue weighted by Crippen LogP contribution is -2.28. The van der Waals surface area contributed by atoms with Gasteiger partial charge in [-0.2, -0.15) is 0 Å². The van der Waals surface area contributed by atoms with Crippen LogP contribution in [0.5, 0.6) is 5.75 Å². The monoisotopic (exact) mass is 355 g/mol. The summed E-state index contributed by atoms with van der Waals surface area (Å²) in [6.07, 6.45) is 3.77. The van der Waals surface area contributed by atoms with Crippen LogP contribution in [0.2, 0.25) is 5.02 Å². The van der Waals surface area contributed by atoms with E-state index in [0.29, 0.717) is 6.61 Å². The summed E-state index contributed by atoms with van der Waals surface area (Å²) in [6, 6.07) is 5.70. The summed E-state index contributed by atoms with van der Waals surface area (Å²) < 4.78 is 5.70. The SMILES string of the molecule is C=CCN(CC=C)CCOc1ccc(Cl)c(C)c1.O=C(O)C(=O)O. The number of aryl methyl sites for hydroxylation is 1. The topological polar surface area (TPSA) is 87.1 Å². The first-order valence-corrected chi connectivity index (χ1v) is 7.48. The van der Waals surface area contributed by atoms with Crippen LogP contribution < -0.4 is 4.74 Å². The number of benzene rings is 1. The van der Waals surface area contributed by atoms with Gasteiger partial charge in [-0.1, -0.05) is 23.8 Å². The minimum absolute atomic E-state index is 0.642. The summed E-state index contributed by atoms with van der Waals surface area (Å²) in [5.41, 5.74) is 1.03. The van der Waals surface area contributed by atoms with E-state index in [0.717, 1.165) is 36.0 Å². The maximum absolute atomic E-state index is 9.10. The number of carboxylic acid groups (broad SMARTS) is 2. The molecule has 0 heterocycles. The number of hydrogen-bond donors (Lipinski definition) is 2. The molecular formula is C17H22ClNO5. The largest absolute Gasteiger partial charge is 0.492 e. The average molecular weight is 356 g/mol. The molecular weight excluding hydrogens is 334 g/mol. The average Bonchev–Trinajstić information content (AvgIpc) is 2.52. The van der Waals surface area contributed by atoms with Crippen molar-refractivity contribution in [3.05, 3.63) is 54.1 Å². The van der Waals surface area contributed by atoms with Crippen LogP contribution in [-0.2, 0) is 9.59 Å². The highest BCUT2D eigenvalue weighted by atomic mass is 35.5. The highest BCUT2D eigenvalue weighted by molar-refractivity contribution is 6.31. The lowest BCUT2D eigenvalue weighted by atomic mass is 10.2. The summed E-state index contributed by atoms with van der Waals surface area (Å²) in [6.45, 7) is 12.6. The number of rotatable bonds is 8. The van der Waals surface area contributed by atoms with E-state index in [-0.39, 0.29) is 0 Å². The highest BCUT2D eigenvalue weighted by Gasteiger charge is 2.04. The normalized spacial score (nSPS) is 9.62. The Morgan fingerprint density at radius 2 is 1.75 bits per heavy atom. The lowest BCUT2D eigenvalue weighted by molar-refractivity contribution is -0.159.